The number of hydrogen-bond donors (Lipinski definition) is 4. The van der Waals surface area contributed by atoms with Gasteiger partial charge in [-0.05, 0) is 54.0 Å². The maximum Gasteiger partial charge on any atom is 0.246 e. The van der Waals surface area contributed by atoms with Crippen LogP contribution in [0.25, 0.3) is 0 Å². The van der Waals surface area contributed by atoms with Gasteiger partial charge in [0.1, 0.15) is 25.3 Å². The highest BCUT2D eigenvalue weighted by atomic mass is 32.2. The Morgan fingerprint density at radius 3 is 2.30 bits per heavy atom. The Balaban J connectivity index is 1.34. The molecule has 5 atom stereocenters. The predicted octanol–water partition coefficient (Wildman–Crippen LogP) is 3.18. The van der Waals surface area contributed by atoms with Crippen molar-refractivity contribution >= 4 is 40.8 Å². The number of fused-ring (bicyclic) bond motifs is 1. The molecule has 0 aromatic heterocycles. The summed E-state index contributed by atoms with van der Waals surface area (Å²) in [5.74, 6) is 11.8. The Labute approximate surface area is 288 Å². The molecule has 2 saturated heterocycles. The maximum absolute atomic E-state index is 14.1. The van der Waals surface area contributed by atoms with E-state index in [2.05, 4.69) is 53.5 Å². The number of nitrogens with two attached hydrogens (primary N) is 1. The summed E-state index contributed by atoms with van der Waals surface area (Å²) in [6.45, 7) is 5.55. The molecule has 0 unspecified atom stereocenters. The lowest BCUT2D eigenvalue weighted by Crippen LogP contribution is -2.57. The van der Waals surface area contributed by atoms with Gasteiger partial charge in [0.05, 0.1) is 35.7 Å². The first-order valence-corrected chi connectivity index (χ1v) is 17.3. The van der Waals surface area contributed by atoms with Gasteiger partial charge in [0, 0.05) is 6.54 Å². The number of carbonyl (C=O) groups is 2. The molecule has 2 aromatic rings. The van der Waals surface area contributed by atoms with Gasteiger partial charge < -0.3 is 36.1 Å². The molecule has 2 fully saturated rings. The number of ether oxygens (including phenoxy) is 2. The molecule has 0 saturated carbocycles. The van der Waals surface area contributed by atoms with E-state index in [1.54, 1.807) is 16.7 Å². The number of carbonyl (C=O) groups excluding carboxylic acids is 2. The highest BCUT2D eigenvalue weighted by Gasteiger charge is 2.54. The van der Waals surface area contributed by atoms with Gasteiger partial charge in [0.25, 0.3) is 0 Å². The molecule has 2 aliphatic heterocycles. The Morgan fingerprint density at radius 1 is 1.04 bits per heavy atom. The van der Waals surface area contributed by atoms with Gasteiger partial charge in [-0.3, -0.25) is 9.59 Å². The molecule has 250 valence electrons. The molecule has 9 nitrogen and oxygen atoms in total. The molecule has 4 rings (SSSR count). The second-order valence-electron chi connectivity index (χ2n) is 12.2. The van der Waals surface area contributed by atoms with E-state index in [-0.39, 0.29) is 43.1 Å². The number of nitrogens with one attached hydrogen (secondary N) is 3. The zero-order valence-electron chi connectivity index (χ0n) is 27.3. The summed E-state index contributed by atoms with van der Waals surface area (Å²) < 4.78 is 11.4. The van der Waals surface area contributed by atoms with Crippen LogP contribution in [0.15, 0.2) is 60.7 Å². The minimum Gasteiger partial charge on any atom is -0.367 e. The molecule has 2 amide bonds. The topological polar surface area (TPSA) is 118 Å². The van der Waals surface area contributed by atoms with E-state index in [4.69, 9.17) is 27.4 Å². The average molecular weight is 676 g/mol. The fraction of sp³-hybridized carbons (Fsp3) is 0.472. The van der Waals surface area contributed by atoms with Crippen molar-refractivity contribution in [1.82, 2.24) is 20.9 Å². The van der Waals surface area contributed by atoms with Crippen LogP contribution in [-0.4, -0.2) is 84.9 Å². The quantitative estimate of drug-likeness (QED) is 0.144. The molecule has 11 heteroatoms. The molecule has 5 N–H and O–H groups in total. The normalized spacial score (nSPS) is 21.1. The second kappa shape index (κ2) is 18.2. The third-order valence-electron chi connectivity index (χ3n) is 8.14. The lowest BCUT2D eigenvalue weighted by atomic mass is 9.84. The Morgan fingerprint density at radius 2 is 1.66 bits per heavy atom. The molecule has 47 heavy (non-hydrogen) atoms. The van der Waals surface area contributed by atoms with E-state index in [1.165, 1.54) is 0 Å². The summed E-state index contributed by atoms with van der Waals surface area (Å²) in [5, 5.41) is 9.37. The van der Waals surface area contributed by atoms with E-state index in [0.717, 1.165) is 23.3 Å². The van der Waals surface area contributed by atoms with E-state index >= 15 is 0 Å². The van der Waals surface area contributed by atoms with Crippen LogP contribution in [0.2, 0.25) is 0 Å². The average Bonchev–Trinajstić information content (AvgIpc) is 3.26. The molecular weight excluding hydrogens is 631 g/mol. The van der Waals surface area contributed by atoms with Crippen LogP contribution >= 0.6 is 24.0 Å². The zero-order valence-corrected chi connectivity index (χ0v) is 28.9. The SMILES string of the molecule is CNCC(=S)N[C@H]1CCS[C@H]2CC(C)(C)[C@@H](C(=O)N[C@H](COCC#CC#CCOC[C@@H](N)c3ccccc3)c3ccccc3)N2C1=O. The highest BCUT2D eigenvalue weighted by Crippen LogP contribution is 2.46. The maximum atomic E-state index is 14.1. The number of thiocarbonyl (C=S) groups is 1. The van der Waals surface area contributed by atoms with Gasteiger partial charge in [-0.15, -0.1) is 11.8 Å². The van der Waals surface area contributed by atoms with Crippen LogP contribution in [0.3, 0.4) is 0 Å². The highest BCUT2D eigenvalue weighted by molar-refractivity contribution is 7.99. The lowest BCUT2D eigenvalue weighted by molar-refractivity contribution is -0.142. The number of hydrogen-bond acceptors (Lipinski definition) is 8. The number of thioether (sulfide) groups is 1. The lowest BCUT2D eigenvalue weighted by Gasteiger charge is -2.35. The second-order valence-corrected chi connectivity index (χ2v) is 14.0. The first kappa shape index (κ1) is 36.4. The van der Waals surface area contributed by atoms with Crippen LogP contribution in [0, 0.1) is 29.1 Å². The summed E-state index contributed by atoms with van der Waals surface area (Å²) >= 11 is 7.16. The van der Waals surface area contributed by atoms with Gasteiger partial charge >= 0.3 is 0 Å². The summed E-state index contributed by atoms with van der Waals surface area (Å²) in [6.07, 6.45) is 1.37. The van der Waals surface area contributed by atoms with Crippen molar-refractivity contribution in [2.24, 2.45) is 11.1 Å². The third kappa shape index (κ3) is 10.5. The van der Waals surface area contributed by atoms with Gasteiger partial charge in [-0.1, -0.05) is 98.6 Å². The van der Waals surface area contributed by atoms with Crippen LogP contribution < -0.4 is 21.7 Å². The molecular formula is C36H45N5O4S2. The number of nitrogens with zero attached hydrogens (tertiary/aromatic N) is 1. The molecule has 2 aromatic carbocycles. The van der Waals surface area contributed by atoms with Gasteiger partial charge in [-0.25, -0.2) is 0 Å². The van der Waals surface area contributed by atoms with Crippen molar-refractivity contribution in [2.45, 2.75) is 56.2 Å². The predicted molar refractivity (Wildman–Crippen MR) is 191 cm³/mol. The summed E-state index contributed by atoms with van der Waals surface area (Å²) in [7, 11) is 1.81. The van der Waals surface area contributed by atoms with Crippen molar-refractivity contribution in [1.29, 1.82) is 0 Å². The Bertz CT molecular complexity index is 1470. The molecule has 0 spiro atoms. The molecule has 0 radical (unpaired) electrons. The number of benzene rings is 2. The first-order valence-electron chi connectivity index (χ1n) is 15.9. The van der Waals surface area contributed by atoms with Crippen LogP contribution in [-0.2, 0) is 19.1 Å². The monoisotopic (exact) mass is 675 g/mol. The van der Waals surface area contributed by atoms with Crippen molar-refractivity contribution < 1.29 is 19.1 Å². The number of amides is 2. The minimum absolute atomic E-state index is 0.0771. The molecule has 2 aliphatic rings. The largest absolute Gasteiger partial charge is 0.367 e. The fourth-order valence-corrected chi connectivity index (χ4v) is 7.70. The van der Waals surface area contributed by atoms with Crippen molar-refractivity contribution in [3.63, 3.8) is 0 Å². The van der Waals surface area contributed by atoms with Crippen molar-refractivity contribution in [2.75, 3.05) is 45.8 Å². The van der Waals surface area contributed by atoms with Crippen LogP contribution in [0.5, 0.6) is 0 Å². The van der Waals surface area contributed by atoms with Gasteiger partial charge in [-0.2, -0.15) is 0 Å². The molecule has 2 heterocycles. The van der Waals surface area contributed by atoms with Gasteiger partial charge in [0.2, 0.25) is 11.8 Å². The van der Waals surface area contributed by atoms with E-state index < -0.39 is 23.5 Å². The van der Waals surface area contributed by atoms with E-state index in [9.17, 15) is 9.59 Å². The van der Waals surface area contributed by atoms with Gasteiger partial charge in [0.15, 0.2) is 0 Å². The minimum atomic E-state index is -0.640. The van der Waals surface area contributed by atoms with Crippen molar-refractivity contribution in [3.05, 3.63) is 71.8 Å². The summed E-state index contributed by atoms with van der Waals surface area (Å²) in [4.78, 5) is 30.3. The van der Waals surface area contributed by atoms with Crippen LogP contribution in [0.4, 0.5) is 0 Å². The van der Waals surface area contributed by atoms with Crippen molar-refractivity contribution in [3.8, 4) is 23.7 Å². The zero-order chi connectivity index (χ0) is 33.6. The fourth-order valence-electron chi connectivity index (χ4n) is 5.84. The number of likely N-dealkylation sites (N-methyl/N-ethyl adjacent to an activating group) is 1. The first-order chi connectivity index (χ1) is 22.7. The van der Waals surface area contributed by atoms with E-state index in [0.29, 0.717) is 24.6 Å². The smallest absolute Gasteiger partial charge is 0.246 e. The summed E-state index contributed by atoms with van der Waals surface area (Å²) in [5.41, 5.74) is 7.63. The number of rotatable bonds is 13. The third-order valence-corrected chi connectivity index (χ3v) is 9.65. The van der Waals surface area contributed by atoms with Crippen LogP contribution in [0.1, 0.15) is 49.9 Å². The Hall–Kier alpha value is -3.42. The van der Waals surface area contributed by atoms with E-state index in [1.807, 2.05) is 67.7 Å². The standard InChI is InChI=1S/C36H45N5O4S2/c1-36(2)22-32-41(35(43)29(18-21-47-32)39-31(46)23-38-3)33(36)34(42)40-30(27-16-10-7-11-17-27)25-45-20-13-5-4-12-19-44-24-28(37)26-14-8-6-9-15-26/h6-11,14-17,28-30,32-33,38H,18-25,37H2,1-3H3,(H,39,46)(H,40,42)/t28-,29+,30-,32+,33-/m1/s1. The Kier molecular flexibility index (Phi) is 14.1. The molecule has 0 bridgehead atoms. The molecule has 0 aliphatic carbocycles. The summed E-state index contributed by atoms with van der Waals surface area (Å²) in [6, 6.07) is 17.7.